The van der Waals surface area contributed by atoms with Crippen LogP contribution < -0.4 is 15.8 Å². The number of fused-ring (bicyclic) bond motifs is 1. The van der Waals surface area contributed by atoms with E-state index in [-0.39, 0.29) is 16.9 Å². The Bertz CT molecular complexity index is 981. The van der Waals surface area contributed by atoms with Gasteiger partial charge in [-0.2, -0.15) is 0 Å². The van der Waals surface area contributed by atoms with Crippen LogP contribution in [0.4, 0.5) is 0 Å². The number of aromatic hydroxyl groups is 1. The molecular weight excluding hydrogens is 332 g/mol. The van der Waals surface area contributed by atoms with Gasteiger partial charge >= 0.3 is 0 Å². The molecule has 2 amide bonds. The van der Waals surface area contributed by atoms with Crippen LogP contribution >= 0.6 is 0 Å². The normalized spacial score (nSPS) is 10.5. The summed E-state index contributed by atoms with van der Waals surface area (Å²) in [6, 6.07) is 15.2. The Morgan fingerprint density at radius 3 is 2.42 bits per heavy atom. The zero-order valence-electron chi connectivity index (χ0n) is 14.2. The van der Waals surface area contributed by atoms with E-state index in [4.69, 9.17) is 10.5 Å². The third-order valence-electron chi connectivity index (χ3n) is 4.11. The molecule has 3 aromatic carbocycles. The van der Waals surface area contributed by atoms with Gasteiger partial charge in [0.05, 0.1) is 18.2 Å². The Labute approximate surface area is 150 Å². The zero-order chi connectivity index (χ0) is 18.7. The highest BCUT2D eigenvalue weighted by Gasteiger charge is 2.18. The molecule has 0 aliphatic carbocycles. The monoisotopic (exact) mass is 350 g/mol. The van der Waals surface area contributed by atoms with Crippen molar-refractivity contribution in [2.75, 3.05) is 7.11 Å². The van der Waals surface area contributed by atoms with Crippen molar-refractivity contribution in [1.29, 1.82) is 0 Å². The molecule has 6 nitrogen and oxygen atoms in total. The number of rotatable bonds is 5. The van der Waals surface area contributed by atoms with Gasteiger partial charge in [-0.3, -0.25) is 9.59 Å². The van der Waals surface area contributed by atoms with E-state index in [1.54, 1.807) is 37.4 Å². The van der Waals surface area contributed by atoms with Gasteiger partial charge < -0.3 is 20.9 Å². The lowest BCUT2D eigenvalue weighted by Crippen LogP contribution is -2.26. The Balaban J connectivity index is 1.89. The fourth-order valence-electron chi connectivity index (χ4n) is 2.78. The number of hydrogen-bond donors (Lipinski definition) is 3. The number of phenols is 1. The number of hydrogen-bond acceptors (Lipinski definition) is 4. The second kappa shape index (κ2) is 7.14. The molecule has 0 unspecified atom stereocenters. The number of nitrogens with one attached hydrogen (secondary N) is 1. The highest BCUT2D eigenvalue weighted by Crippen LogP contribution is 2.26. The van der Waals surface area contributed by atoms with E-state index < -0.39 is 11.8 Å². The van der Waals surface area contributed by atoms with E-state index >= 15 is 0 Å². The minimum atomic E-state index is -0.726. The van der Waals surface area contributed by atoms with Crippen molar-refractivity contribution in [3.8, 4) is 11.5 Å². The van der Waals surface area contributed by atoms with E-state index in [2.05, 4.69) is 5.32 Å². The molecule has 0 heterocycles. The van der Waals surface area contributed by atoms with Crippen molar-refractivity contribution in [1.82, 2.24) is 5.32 Å². The average Bonchev–Trinajstić information content (AvgIpc) is 2.65. The van der Waals surface area contributed by atoms with Gasteiger partial charge in [0.1, 0.15) is 11.5 Å². The molecule has 0 saturated carbocycles. The summed E-state index contributed by atoms with van der Waals surface area (Å²) >= 11 is 0. The summed E-state index contributed by atoms with van der Waals surface area (Å²) in [5, 5.41) is 13.6. The first-order valence-electron chi connectivity index (χ1n) is 7.96. The third-order valence-corrected chi connectivity index (χ3v) is 4.11. The number of amides is 2. The molecule has 0 aromatic heterocycles. The summed E-state index contributed by atoms with van der Waals surface area (Å²) in [5.41, 5.74) is 6.64. The highest BCUT2D eigenvalue weighted by atomic mass is 16.5. The second-order valence-electron chi connectivity index (χ2n) is 5.79. The van der Waals surface area contributed by atoms with Crippen molar-refractivity contribution < 1.29 is 19.4 Å². The maximum absolute atomic E-state index is 12.6. The lowest BCUT2D eigenvalue weighted by molar-refractivity contribution is 0.0934. The fraction of sp³-hybridized carbons (Fsp3) is 0.100. The first-order chi connectivity index (χ1) is 12.5. The molecule has 6 heteroatoms. The maximum Gasteiger partial charge on any atom is 0.252 e. The predicted molar refractivity (Wildman–Crippen MR) is 98.3 cm³/mol. The molecule has 0 aliphatic heterocycles. The highest BCUT2D eigenvalue weighted by molar-refractivity contribution is 6.15. The molecule has 0 spiro atoms. The van der Waals surface area contributed by atoms with Gasteiger partial charge in [-0.15, -0.1) is 0 Å². The van der Waals surface area contributed by atoms with Gasteiger partial charge in [-0.25, -0.2) is 0 Å². The van der Waals surface area contributed by atoms with E-state index in [1.165, 1.54) is 12.1 Å². The number of phenolic OH excluding ortho intramolecular Hbond substituents is 1. The number of benzene rings is 3. The van der Waals surface area contributed by atoms with Crippen LogP contribution in [0.2, 0.25) is 0 Å². The molecule has 3 aromatic rings. The largest absolute Gasteiger partial charge is 0.508 e. The quantitative estimate of drug-likeness (QED) is 0.658. The molecule has 132 valence electrons. The molecule has 4 N–H and O–H groups in total. The van der Waals surface area contributed by atoms with Gasteiger partial charge in [0.25, 0.3) is 5.91 Å². The molecule has 26 heavy (non-hydrogen) atoms. The predicted octanol–water partition coefficient (Wildman–Crippen LogP) is 2.58. The number of carbonyl (C=O) groups excluding carboxylic acids is 2. The fourth-order valence-corrected chi connectivity index (χ4v) is 2.78. The summed E-state index contributed by atoms with van der Waals surface area (Å²) in [7, 11) is 1.58. The van der Waals surface area contributed by atoms with Crippen LogP contribution in [0.1, 0.15) is 26.3 Å². The van der Waals surface area contributed by atoms with E-state index in [1.807, 2.05) is 12.1 Å². The average molecular weight is 350 g/mol. The Kier molecular flexibility index (Phi) is 4.75. The number of carbonyl (C=O) groups is 2. The number of nitrogens with two attached hydrogens (primary N) is 1. The van der Waals surface area contributed by atoms with Crippen LogP contribution in [0.15, 0.2) is 54.6 Å². The molecule has 0 fully saturated rings. The minimum absolute atomic E-state index is 0.00390. The summed E-state index contributed by atoms with van der Waals surface area (Å²) in [4.78, 5) is 24.5. The van der Waals surface area contributed by atoms with Gasteiger partial charge in [0.2, 0.25) is 5.91 Å². The zero-order valence-corrected chi connectivity index (χ0v) is 14.2. The smallest absolute Gasteiger partial charge is 0.252 e. The summed E-state index contributed by atoms with van der Waals surface area (Å²) in [6.07, 6.45) is 0. The van der Waals surface area contributed by atoms with Gasteiger partial charge in [-0.1, -0.05) is 24.3 Å². The van der Waals surface area contributed by atoms with Crippen LogP contribution in [-0.2, 0) is 6.54 Å². The van der Waals surface area contributed by atoms with Crippen molar-refractivity contribution >= 4 is 22.6 Å². The van der Waals surface area contributed by atoms with Crippen LogP contribution in [0.3, 0.4) is 0 Å². The molecule has 0 radical (unpaired) electrons. The summed E-state index contributed by atoms with van der Waals surface area (Å²) in [5.74, 6) is -0.420. The summed E-state index contributed by atoms with van der Waals surface area (Å²) in [6.45, 7) is 0.291. The lowest BCUT2D eigenvalue weighted by atomic mass is 9.97. The Hall–Kier alpha value is -3.54. The molecule has 0 aliphatic rings. The van der Waals surface area contributed by atoms with Crippen molar-refractivity contribution in [3.05, 3.63) is 71.3 Å². The van der Waals surface area contributed by atoms with Crippen LogP contribution in [0, 0.1) is 0 Å². The third kappa shape index (κ3) is 3.44. The number of methoxy groups -OCH3 is 1. The van der Waals surface area contributed by atoms with Crippen LogP contribution in [-0.4, -0.2) is 24.0 Å². The molecular formula is C20H18N2O4. The van der Waals surface area contributed by atoms with Gasteiger partial charge in [0, 0.05) is 6.54 Å². The topological polar surface area (TPSA) is 102 Å². The van der Waals surface area contributed by atoms with E-state index in [9.17, 15) is 14.7 Å². The van der Waals surface area contributed by atoms with Crippen LogP contribution in [0.25, 0.3) is 10.8 Å². The Morgan fingerprint density at radius 2 is 1.77 bits per heavy atom. The van der Waals surface area contributed by atoms with Crippen molar-refractivity contribution in [2.24, 2.45) is 5.73 Å². The standard InChI is InChI=1S/C20H18N2O4/c1-26-15-7-2-12(3-8-15)11-22-20(25)16-9-5-13-4-6-14(23)10-17(13)18(16)19(21)24/h2-10,23H,11H2,1H3,(H2,21,24)(H,22,25). The second-order valence-corrected chi connectivity index (χ2v) is 5.79. The Morgan fingerprint density at radius 1 is 1.08 bits per heavy atom. The SMILES string of the molecule is COc1ccc(CNC(=O)c2ccc3ccc(O)cc3c2C(N)=O)cc1. The van der Waals surface area contributed by atoms with E-state index in [0.29, 0.717) is 17.3 Å². The van der Waals surface area contributed by atoms with Gasteiger partial charge in [0.15, 0.2) is 0 Å². The van der Waals surface area contributed by atoms with Crippen molar-refractivity contribution in [2.45, 2.75) is 6.54 Å². The van der Waals surface area contributed by atoms with E-state index in [0.717, 1.165) is 11.3 Å². The first-order valence-corrected chi connectivity index (χ1v) is 7.96. The lowest BCUT2D eigenvalue weighted by Gasteiger charge is -2.12. The molecule has 0 saturated heterocycles. The van der Waals surface area contributed by atoms with Crippen molar-refractivity contribution in [3.63, 3.8) is 0 Å². The first kappa shape index (κ1) is 17.3. The number of ether oxygens (including phenoxy) is 1. The number of primary amides is 1. The molecule has 0 atom stereocenters. The molecule has 3 rings (SSSR count). The summed E-state index contributed by atoms with van der Waals surface area (Å²) < 4.78 is 5.10. The molecule has 0 bridgehead atoms. The minimum Gasteiger partial charge on any atom is -0.508 e. The van der Waals surface area contributed by atoms with Gasteiger partial charge in [-0.05, 0) is 46.7 Å². The van der Waals surface area contributed by atoms with Crippen LogP contribution in [0.5, 0.6) is 11.5 Å². The maximum atomic E-state index is 12.6.